The summed E-state index contributed by atoms with van der Waals surface area (Å²) in [5.74, 6) is 1.63. The first-order valence-corrected chi connectivity index (χ1v) is 8.48. The zero-order chi connectivity index (χ0) is 13.9. The molecule has 0 bridgehead atoms. The van der Waals surface area contributed by atoms with Gasteiger partial charge in [0.1, 0.15) is 5.82 Å². The Hall–Kier alpha value is -1.14. The van der Waals surface area contributed by atoms with E-state index in [9.17, 15) is 8.42 Å². The quantitative estimate of drug-likeness (QED) is 0.906. The van der Waals surface area contributed by atoms with Crippen molar-refractivity contribution in [1.29, 1.82) is 0 Å². The van der Waals surface area contributed by atoms with E-state index in [0.29, 0.717) is 12.5 Å². The van der Waals surface area contributed by atoms with Crippen LogP contribution in [-0.4, -0.2) is 32.7 Å². The van der Waals surface area contributed by atoms with E-state index in [1.807, 2.05) is 12.1 Å². The summed E-state index contributed by atoms with van der Waals surface area (Å²) >= 11 is 0. The van der Waals surface area contributed by atoms with Gasteiger partial charge in [-0.2, -0.15) is 0 Å². The van der Waals surface area contributed by atoms with Crippen LogP contribution in [-0.2, 0) is 16.6 Å². The molecule has 1 unspecified atom stereocenters. The normalized spacial score (nSPS) is 20.5. The highest BCUT2D eigenvalue weighted by Crippen LogP contribution is 2.21. The molecule has 2 rings (SSSR count). The van der Waals surface area contributed by atoms with E-state index >= 15 is 0 Å². The fourth-order valence-electron chi connectivity index (χ4n) is 2.36. The molecule has 1 saturated heterocycles. The molecular formula is C13H21N3O2S. The van der Waals surface area contributed by atoms with Crippen molar-refractivity contribution < 1.29 is 8.42 Å². The fraction of sp³-hybridized carbons (Fsp3) is 0.615. The summed E-state index contributed by atoms with van der Waals surface area (Å²) in [6.07, 6.45) is 5.37. The second-order valence-electron chi connectivity index (χ2n) is 5.31. The SMILES string of the molecule is CC1CCCN(c2cc(CNS(C)(=O)=O)ccn2)C1. The van der Waals surface area contributed by atoms with Gasteiger partial charge >= 0.3 is 0 Å². The fourth-order valence-corrected chi connectivity index (χ4v) is 2.78. The molecule has 5 nitrogen and oxygen atoms in total. The monoisotopic (exact) mass is 283 g/mol. The molecule has 6 heteroatoms. The van der Waals surface area contributed by atoms with Crippen LogP contribution in [0.25, 0.3) is 0 Å². The van der Waals surface area contributed by atoms with Crippen molar-refractivity contribution in [2.45, 2.75) is 26.3 Å². The zero-order valence-corrected chi connectivity index (χ0v) is 12.3. The summed E-state index contributed by atoms with van der Waals surface area (Å²) in [7, 11) is -3.15. The summed E-state index contributed by atoms with van der Waals surface area (Å²) in [5.41, 5.74) is 0.939. The van der Waals surface area contributed by atoms with Gasteiger partial charge in [-0.25, -0.2) is 18.1 Å². The van der Waals surface area contributed by atoms with Crippen molar-refractivity contribution >= 4 is 15.8 Å². The molecule has 1 aliphatic heterocycles. The highest BCUT2D eigenvalue weighted by molar-refractivity contribution is 7.88. The largest absolute Gasteiger partial charge is 0.356 e. The number of sulfonamides is 1. The molecule has 19 heavy (non-hydrogen) atoms. The number of anilines is 1. The molecule has 106 valence electrons. The Labute approximate surface area is 115 Å². The minimum atomic E-state index is -3.15. The van der Waals surface area contributed by atoms with Gasteiger partial charge in [0, 0.05) is 25.8 Å². The Bertz CT molecular complexity index is 530. The average molecular weight is 283 g/mol. The van der Waals surface area contributed by atoms with Crippen molar-refractivity contribution in [3.8, 4) is 0 Å². The molecular weight excluding hydrogens is 262 g/mol. The maximum atomic E-state index is 11.1. The third kappa shape index (κ3) is 4.47. The van der Waals surface area contributed by atoms with Gasteiger partial charge in [-0.05, 0) is 36.5 Å². The topological polar surface area (TPSA) is 62.3 Å². The van der Waals surface area contributed by atoms with Crippen molar-refractivity contribution in [1.82, 2.24) is 9.71 Å². The van der Waals surface area contributed by atoms with Crippen LogP contribution in [0.4, 0.5) is 5.82 Å². The van der Waals surface area contributed by atoms with E-state index in [1.54, 1.807) is 6.20 Å². The van der Waals surface area contributed by atoms with Crippen LogP contribution in [0.5, 0.6) is 0 Å². The van der Waals surface area contributed by atoms with Crippen LogP contribution >= 0.6 is 0 Å². The number of aromatic nitrogens is 1. The van der Waals surface area contributed by atoms with Crippen LogP contribution in [0.3, 0.4) is 0 Å². The predicted octanol–water partition coefficient (Wildman–Crippen LogP) is 1.37. The summed E-state index contributed by atoms with van der Waals surface area (Å²) in [4.78, 5) is 6.67. The van der Waals surface area contributed by atoms with E-state index in [0.717, 1.165) is 24.5 Å². The molecule has 0 aromatic carbocycles. The maximum absolute atomic E-state index is 11.1. The van der Waals surface area contributed by atoms with E-state index in [2.05, 4.69) is 21.5 Å². The lowest BCUT2D eigenvalue weighted by molar-refractivity contribution is 0.444. The van der Waals surface area contributed by atoms with Gasteiger partial charge < -0.3 is 4.90 Å². The smallest absolute Gasteiger partial charge is 0.209 e. The molecule has 0 radical (unpaired) electrons. The van der Waals surface area contributed by atoms with Gasteiger partial charge in [-0.15, -0.1) is 0 Å². The number of hydrogen-bond acceptors (Lipinski definition) is 4. The molecule has 1 aromatic rings. The highest BCUT2D eigenvalue weighted by atomic mass is 32.2. The summed E-state index contributed by atoms with van der Waals surface area (Å²) in [5, 5.41) is 0. The van der Waals surface area contributed by atoms with Gasteiger partial charge in [0.25, 0.3) is 0 Å². The van der Waals surface area contributed by atoms with Crippen molar-refractivity contribution in [3.05, 3.63) is 23.9 Å². The Morgan fingerprint density at radius 1 is 1.53 bits per heavy atom. The second-order valence-corrected chi connectivity index (χ2v) is 7.14. The van der Waals surface area contributed by atoms with Crippen LogP contribution in [0.15, 0.2) is 18.3 Å². The van der Waals surface area contributed by atoms with E-state index in [-0.39, 0.29) is 0 Å². The molecule has 0 aliphatic carbocycles. The molecule has 2 heterocycles. The molecule has 0 saturated carbocycles. The first-order valence-electron chi connectivity index (χ1n) is 6.58. The van der Waals surface area contributed by atoms with Crippen molar-refractivity contribution in [3.63, 3.8) is 0 Å². The van der Waals surface area contributed by atoms with Crippen LogP contribution < -0.4 is 9.62 Å². The minimum Gasteiger partial charge on any atom is -0.356 e. The Balaban J connectivity index is 2.06. The standard InChI is InChI=1S/C13H21N3O2S/c1-11-4-3-7-16(10-11)13-8-12(5-6-14-13)9-15-19(2,17)18/h5-6,8,11,15H,3-4,7,9-10H2,1-2H3. The highest BCUT2D eigenvalue weighted by Gasteiger charge is 2.17. The third-order valence-electron chi connectivity index (χ3n) is 3.33. The molecule has 1 atom stereocenters. The number of nitrogens with zero attached hydrogens (tertiary/aromatic N) is 2. The number of piperidine rings is 1. The first kappa shape index (κ1) is 14.3. The summed E-state index contributed by atoms with van der Waals surface area (Å²) in [6.45, 7) is 4.62. The van der Waals surface area contributed by atoms with Crippen LogP contribution in [0.1, 0.15) is 25.3 Å². The van der Waals surface area contributed by atoms with Gasteiger partial charge in [-0.1, -0.05) is 6.92 Å². The van der Waals surface area contributed by atoms with Crippen molar-refractivity contribution in [2.75, 3.05) is 24.2 Å². The van der Waals surface area contributed by atoms with Gasteiger partial charge in [0.05, 0.1) is 6.26 Å². The Morgan fingerprint density at radius 2 is 2.32 bits per heavy atom. The second kappa shape index (κ2) is 5.88. The summed E-state index contributed by atoms with van der Waals surface area (Å²) in [6, 6.07) is 3.81. The zero-order valence-electron chi connectivity index (χ0n) is 11.5. The Morgan fingerprint density at radius 3 is 3.00 bits per heavy atom. The first-order chi connectivity index (χ1) is 8.94. The van der Waals surface area contributed by atoms with Crippen molar-refractivity contribution in [2.24, 2.45) is 5.92 Å². The lowest BCUT2D eigenvalue weighted by atomic mass is 10.0. The predicted molar refractivity (Wildman–Crippen MR) is 76.5 cm³/mol. The van der Waals surface area contributed by atoms with Gasteiger partial charge in [0.2, 0.25) is 10.0 Å². The van der Waals surface area contributed by atoms with E-state index < -0.39 is 10.0 Å². The molecule has 1 aliphatic rings. The lowest BCUT2D eigenvalue weighted by Crippen LogP contribution is -2.34. The molecule has 1 aromatic heterocycles. The minimum absolute atomic E-state index is 0.317. The molecule has 1 N–H and O–H groups in total. The molecule has 0 amide bonds. The summed E-state index contributed by atoms with van der Waals surface area (Å²) < 4.78 is 24.7. The number of nitrogens with one attached hydrogen (secondary N) is 1. The molecule has 1 fully saturated rings. The van der Waals surface area contributed by atoms with E-state index in [4.69, 9.17) is 0 Å². The average Bonchev–Trinajstić information content (AvgIpc) is 2.36. The van der Waals surface area contributed by atoms with Gasteiger partial charge in [-0.3, -0.25) is 0 Å². The number of rotatable bonds is 4. The molecule has 0 spiro atoms. The lowest BCUT2D eigenvalue weighted by Gasteiger charge is -2.32. The third-order valence-corrected chi connectivity index (χ3v) is 4.00. The van der Waals surface area contributed by atoms with Crippen LogP contribution in [0, 0.1) is 5.92 Å². The number of hydrogen-bond donors (Lipinski definition) is 1. The van der Waals surface area contributed by atoms with Gasteiger partial charge in [0.15, 0.2) is 0 Å². The van der Waals surface area contributed by atoms with Crippen LogP contribution in [0.2, 0.25) is 0 Å². The Kier molecular flexibility index (Phi) is 4.42. The maximum Gasteiger partial charge on any atom is 0.209 e. The van der Waals surface area contributed by atoms with E-state index in [1.165, 1.54) is 19.1 Å². The number of pyridine rings is 1.